The van der Waals surface area contributed by atoms with Crippen molar-refractivity contribution in [2.75, 3.05) is 20.6 Å². The van der Waals surface area contributed by atoms with Crippen LogP contribution in [0.2, 0.25) is 0 Å². The molecule has 0 radical (unpaired) electrons. The van der Waals surface area contributed by atoms with Crippen molar-refractivity contribution >= 4 is 5.91 Å². The molecule has 1 saturated carbocycles. The number of piperidine rings is 1. The molecule has 5 heteroatoms. The summed E-state index contributed by atoms with van der Waals surface area (Å²) in [6.07, 6.45) is 10.7. The highest BCUT2D eigenvalue weighted by atomic mass is 16.2. The topological polar surface area (TPSA) is 49.3 Å². The molecular formula is C18H28N4O. The highest BCUT2D eigenvalue weighted by Gasteiger charge is 2.33. The van der Waals surface area contributed by atoms with Crippen LogP contribution in [0.15, 0.2) is 6.20 Å². The molecule has 126 valence electrons. The maximum absolute atomic E-state index is 12.2. The Morgan fingerprint density at radius 1 is 1.17 bits per heavy atom. The van der Waals surface area contributed by atoms with E-state index in [4.69, 9.17) is 4.98 Å². The maximum Gasteiger partial charge on any atom is 0.256 e. The van der Waals surface area contributed by atoms with Crippen LogP contribution in [0.5, 0.6) is 0 Å². The predicted molar refractivity (Wildman–Crippen MR) is 90.3 cm³/mol. The Balaban J connectivity index is 1.84. The fraction of sp³-hybridized carbons (Fsp3) is 0.722. The van der Waals surface area contributed by atoms with Crippen LogP contribution in [0.1, 0.15) is 72.9 Å². The minimum absolute atomic E-state index is 0.0228. The van der Waals surface area contributed by atoms with E-state index in [0.717, 1.165) is 24.5 Å². The summed E-state index contributed by atoms with van der Waals surface area (Å²) in [4.78, 5) is 25.7. The molecule has 1 aliphatic heterocycles. The van der Waals surface area contributed by atoms with Crippen LogP contribution in [0.4, 0.5) is 0 Å². The fourth-order valence-electron chi connectivity index (χ4n) is 4.00. The van der Waals surface area contributed by atoms with Crippen molar-refractivity contribution in [3.63, 3.8) is 0 Å². The van der Waals surface area contributed by atoms with Gasteiger partial charge < -0.3 is 4.90 Å². The molecule has 0 N–H and O–H groups in total. The van der Waals surface area contributed by atoms with Gasteiger partial charge in [-0.25, -0.2) is 9.97 Å². The lowest BCUT2D eigenvalue weighted by molar-refractivity contribution is 0.0822. The first-order valence-electron chi connectivity index (χ1n) is 8.89. The molecule has 23 heavy (non-hydrogen) atoms. The summed E-state index contributed by atoms with van der Waals surface area (Å²) in [6, 6.07) is 1.03. The third-order valence-electron chi connectivity index (χ3n) is 5.27. The van der Waals surface area contributed by atoms with Gasteiger partial charge in [-0.15, -0.1) is 0 Å². The summed E-state index contributed by atoms with van der Waals surface area (Å²) >= 11 is 0. The van der Waals surface area contributed by atoms with Gasteiger partial charge in [-0.2, -0.15) is 0 Å². The van der Waals surface area contributed by atoms with Crippen LogP contribution in [-0.4, -0.2) is 52.4 Å². The molecule has 0 bridgehead atoms. The predicted octanol–water partition coefficient (Wildman–Crippen LogP) is 2.96. The zero-order valence-corrected chi connectivity index (χ0v) is 14.6. The Morgan fingerprint density at radius 3 is 2.52 bits per heavy atom. The molecule has 3 rings (SSSR count). The normalized spacial score (nSPS) is 23.2. The molecule has 2 aliphatic rings. The van der Waals surface area contributed by atoms with Crippen LogP contribution in [0.3, 0.4) is 0 Å². The molecular weight excluding hydrogens is 288 g/mol. The van der Waals surface area contributed by atoms with E-state index in [1.54, 1.807) is 25.2 Å². The lowest BCUT2D eigenvalue weighted by Gasteiger charge is -2.39. The van der Waals surface area contributed by atoms with Crippen LogP contribution in [0, 0.1) is 6.92 Å². The smallest absolute Gasteiger partial charge is 0.256 e. The first-order valence-corrected chi connectivity index (χ1v) is 8.89. The molecule has 1 aliphatic carbocycles. The zero-order valence-electron chi connectivity index (χ0n) is 14.6. The number of likely N-dealkylation sites (tertiary alicyclic amines) is 1. The number of rotatable bonds is 3. The number of carbonyl (C=O) groups excluding carboxylic acids is 1. The van der Waals surface area contributed by atoms with E-state index >= 15 is 0 Å². The van der Waals surface area contributed by atoms with Gasteiger partial charge in [-0.3, -0.25) is 9.69 Å². The van der Waals surface area contributed by atoms with E-state index in [0.29, 0.717) is 17.6 Å². The van der Waals surface area contributed by atoms with Crippen LogP contribution in [-0.2, 0) is 0 Å². The summed E-state index contributed by atoms with van der Waals surface area (Å²) in [7, 11) is 3.53. The van der Waals surface area contributed by atoms with Gasteiger partial charge in [-0.1, -0.05) is 19.3 Å². The van der Waals surface area contributed by atoms with Crippen molar-refractivity contribution in [1.29, 1.82) is 0 Å². The summed E-state index contributed by atoms with van der Waals surface area (Å²) in [5.41, 5.74) is 1.41. The number of hydrogen-bond donors (Lipinski definition) is 0. The van der Waals surface area contributed by atoms with E-state index in [2.05, 4.69) is 9.88 Å². The monoisotopic (exact) mass is 316 g/mol. The van der Waals surface area contributed by atoms with E-state index in [1.807, 2.05) is 6.92 Å². The fourth-order valence-corrected chi connectivity index (χ4v) is 4.00. The number of carbonyl (C=O) groups is 1. The largest absolute Gasteiger partial charge is 0.345 e. The van der Waals surface area contributed by atoms with Gasteiger partial charge >= 0.3 is 0 Å². The molecule has 1 aromatic rings. The second kappa shape index (κ2) is 6.95. The maximum atomic E-state index is 12.2. The summed E-state index contributed by atoms with van der Waals surface area (Å²) < 4.78 is 0. The van der Waals surface area contributed by atoms with Crippen molar-refractivity contribution < 1.29 is 4.79 Å². The minimum Gasteiger partial charge on any atom is -0.345 e. The van der Waals surface area contributed by atoms with Crippen LogP contribution in [0.25, 0.3) is 0 Å². The standard InChI is InChI=1S/C18H28N4O/c1-13-15(18(23)21(2)3)12-19-17(20-13)16-10-6-7-11-22(16)14-8-4-5-9-14/h12,14,16H,4-11H2,1-3H3. The van der Waals surface area contributed by atoms with E-state index in [1.165, 1.54) is 38.5 Å². The second-order valence-electron chi connectivity index (χ2n) is 7.11. The van der Waals surface area contributed by atoms with Crippen molar-refractivity contribution in [1.82, 2.24) is 19.8 Å². The van der Waals surface area contributed by atoms with Crippen molar-refractivity contribution in [3.05, 3.63) is 23.3 Å². The highest BCUT2D eigenvalue weighted by Crippen LogP contribution is 2.36. The minimum atomic E-state index is -0.0228. The second-order valence-corrected chi connectivity index (χ2v) is 7.11. The highest BCUT2D eigenvalue weighted by molar-refractivity contribution is 5.94. The Morgan fingerprint density at radius 2 is 1.87 bits per heavy atom. The van der Waals surface area contributed by atoms with E-state index in [9.17, 15) is 4.79 Å². The quantitative estimate of drug-likeness (QED) is 0.860. The van der Waals surface area contributed by atoms with Gasteiger partial charge in [0.05, 0.1) is 17.3 Å². The van der Waals surface area contributed by atoms with Gasteiger partial charge in [-0.05, 0) is 39.2 Å². The van der Waals surface area contributed by atoms with Crippen molar-refractivity contribution in [2.24, 2.45) is 0 Å². The van der Waals surface area contributed by atoms with Crippen molar-refractivity contribution in [3.8, 4) is 0 Å². The van der Waals surface area contributed by atoms with E-state index < -0.39 is 0 Å². The van der Waals surface area contributed by atoms with Crippen molar-refractivity contribution in [2.45, 2.75) is 64.0 Å². The Labute approximate surface area is 139 Å². The molecule has 5 nitrogen and oxygen atoms in total. The lowest BCUT2D eigenvalue weighted by Crippen LogP contribution is -2.41. The Bertz CT molecular complexity index is 566. The van der Waals surface area contributed by atoms with Gasteiger partial charge in [0.2, 0.25) is 0 Å². The van der Waals surface area contributed by atoms with Crippen LogP contribution >= 0.6 is 0 Å². The van der Waals surface area contributed by atoms with E-state index in [-0.39, 0.29) is 5.91 Å². The third kappa shape index (κ3) is 3.39. The van der Waals surface area contributed by atoms with Gasteiger partial charge in [0.1, 0.15) is 5.82 Å². The summed E-state index contributed by atoms with van der Waals surface area (Å²) in [6.45, 7) is 3.08. The molecule has 2 heterocycles. The molecule has 1 saturated heterocycles. The average molecular weight is 316 g/mol. The molecule has 1 amide bonds. The molecule has 1 aromatic heterocycles. The Kier molecular flexibility index (Phi) is 4.95. The third-order valence-corrected chi connectivity index (χ3v) is 5.27. The lowest BCUT2D eigenvalue weighted by atomic mass is 9.98. The summed E-state index contributed by atoms with van der Waals surface area (Å²) in [5.74, 6) is 0.884. The number of hydrogen-bond acceptors (Lipinski definition) is 4. The zero-order chi connectivity index (χ0) is 16.4. The molecule has 0 spiro atoms. The van der Waals surface area contributed by atoms with Gasteiger partial charge in [0.15, 0.2) is 0 Å². The number of amides is 1. The van der Waals surface area contributed by atoms with Gasteiger partial charge in [0.25, 0.3) is 5.91 Å². The molecule has 1 atom stereocenters. The molecule has 1 unspecified atom stereocenters. The van der Waals surface area contributed by atoms with Gasteiger partial charge in [0, 0.05) is 26.3 Å². The number of nitrogens with zero attached hydrogens (tertiary/aromatic N) is 4. The first-order chi connectivity index (χ1) is 11.1. The number of aromatic nitrogens is 2. The molecule has 2 fully saturated rings. The molecule has 0 aromatic carbocycles. The summed E-state index contributed by atoms with van der Waals surface area (Å²) in [5, 5.41) is 0. The Hall–Kier alpha value is -1.49. The number of aryl methyl sites for hydroxylation is 1. The van der Waals surface area contributed by atoms with Crippen LogP contribution < -0.4 is 0 Å². The average Bonchev–Trinajstić information content (AvgIpc) is 3.08. The SMILES string of the molecule is Cc1nc(C2CCCCN2C2CCCC2)ncc1C(=O)N(C)C. The first kappa shape index (κ1) is 16.4.